The zero-order valence-corrected chi connectivity index (χ0v) is 24.2. The number of methoxy groups -OCH3 is 3. The fraction of sp³-hybridized carbons (Fsp3) is 0.690. The Morgan fingerprint density at radius 3 is 2.20 bits per heavy atom. The molecule has 0 bridgehead atoms. The second kappa shape index (κ2) is 10.1. The molecule has 1 spiro atoms. The molecule has 2 fully saturated rings. The third-order valence-electron chi connectivity index (χ3n) is 10.1. The van der Waals surface area contributed by atoms with E-state index in [0.717, 1.165) is 0 Å². The molecule has 11 heteroatoms. The highest BCUT2D eigenvalue weighted by Crippen LogP contribution is 2.67. The number of aliphatic hydroxyl groups excluding tert-OH is 3. The predicted molar refractivity (Wildman–Crippen MR) is 139 cm³/mol. The Hall–Kier alpha value is -2.57. The first-order valence-corrected chi connectivity index (χ1v) is 13.3. The van der Waals surface area contributed by atoms with Crippen molar-refractivity contribution in [1.29, 1.82) is 0 Å². The lowest BCUT2D eigenvalue weighted by Gasteiger charge is -2.54. The molecule has 0 aromatic carbocycles. The molecular weight excluding hydrogens is 524 g/mol. The molecular formula is C29H40O11. The van der Waals surface area contributed by atoms with Gasteiger partial charge in [0.15, 0.2) is 11.4 Å². The maximum atomic E-state index is 14.9. The fourth-order valence-electron chi connectivity index (χ4n) is 7.86. The van der Waals surface area contributed by atoms with Gasteiger partial charge in [-0.15, -0.1) is 0 Å². The van der Waals surface area contributed by atoms with Crippen molar-refractivity contribution in [2.24, 2.45) is 22.2 Å². The Balaban J connectivity index is 1.96. The number of esters is 2. The monoisotopic (exact) mass is 564 g/mol. The summed E-state index contributed by atoms with van der Waals surface area (Å²) in [6.45, 7) is 8.23. The molecule has 0 unspecified atom stereocenters. The lowest BCUT2D eigenvalue weighted by Crippen LogP contribution is -2.65. The second-order valence-corrected chi connectivity index (χ2v) is 12.2. The molecule has 40 heavy (non-hydrogen) atoms. The number of hydrogen-bond donors (Lipinski definition) is 3. The maximum Gasteiger partial charge on any atom is 0.309 e. The van der Waals surface area contributed by atoms with E-state index in [1.54, 1.807) is 40.7 Å². The van der Waals surface area contributed by atoms with E-state index in [1.165, 1.54) is 33.9 Å². The largest absolute Gasteiger partial charge is 0.472 e. The fourth-order valence-corrected chi connectivity index (χ4v) is 7.86. The van der Waals surface area contributed by atoms with Gasteiger partial charge in [-0.2, -0.15) is 0 Å². The molecule has 1 aromatic rings. The molecule has 222 valence electrons. The van der Waals surface area contributed by atoms with E-state index in [-0.39, 0.29) is 18.4 Å². The van der Waals surface area contributed by atoms with Crippen LogP contribution in [0.1, 0.15) is 59.1 Å². The zero-order chi connectivity index (χ0) is 30.0. The van der Waals surface area contributed by atoms with Gasteiger partial charge in [0, 0.05) is 24.5 Å². The van der Waals surface area contributed by atoms with E-state index in [9.17, 15) is 29.7 Å². The van der Waals surface area contributed by atoms with E-state index < -0.39 is 76.0 Å². The van der Waals surface area contributed by atoms with Crippen LogP contribution in [-0.2, 0) is 33.3 Å². The van der Waals surface area contributed by atoms with Crippen LogP contribution < -0.4 is 0 Å². The number of carbonyl (C=O) groups excluding carboxylic acids is 3. The number of fused-ring (bicyclic) bond motifs is 1. The smallest absolute Gasteiger partial charge is 0.309 e. The van der Waals surface area contributed by atoms with Gasteiger partial charge >= 0.3 is 11.9 Å². The van der Waals surface area contributed by atoms with E-state index >= 15 is 0 Å². The number of hydrogen-bond acceptors (Lipinski definition) is 11. The number of furan rings is 1. The number of Topliss-reactive ketones (excluding diaryl/α,β-unsaturated/α-hetero) is 1. The summed E-state index contributed by atoms with van der Waals surface area (Å²) < 4.78 is 27.5. The Morgan fingerprint density at radius 2 is 1.68 bits per heavy atom. The molecule has 2 heterocycles. The normalized spacial score (nSPS) is 39.4. The molecule has 1 saturated carbocycles. The minimum atomic E-state index is -2.02. The van der Waals surface area contributed by atoms with E-state index in [4.69, 9.17) is 23.4 Å². The van der Waals surface area contributed by atoms with Crippen molar-refractivity contribution in [3.63, 3.8) is 0 Å². The molecule has 4 rings (SSSR count). The summed E-state index contributed by atoms with van der Waals surface area (Å²) in [5, 5.41) is 34.8. The van der Waals surface area contributed by atoms with Crippen LogP contribution in [0.15, 0.2) is 34.2 Å². The summed E-state index contributed by atoms with van der Waals surface area (Å²) >= 11 is 0. The first-order chi connectivity index (χ1) is 18.6. The number of aliphatic hydroxyl groups is 3. The van der Waals surface area contributed by atoms with E-state index in [2.05, 4.69) is 0 Å². The van der Waals surface area contributed by atoms with Crippen LogP contribution in [0, 0.1) is 22.2 Å². The van der Waals surface area contributed by atoms with Crippen molar-refractivity contribution in [2.45, 2.75) is 83.6 Å². The van der Waals surface area contributed by atoms with Crippen molar-refractivity contribution < 1.29 is 53.1 Å². The van der Waals surface area contributed by atoms with Crippen LogP contribution >= 0.6 is 0 Å². The summed E-state index contributed by atoms with van der Waals surface area (Å²) in [5.74, 6) is -2.58. The highest BCUT2D eigenvalue weighted by atomic mass is 16.6. The van der Waals surface area contributed by atoms with Gasteiger partial charge in [-0.1, -0.05) is 20.8 Å². The lowest BCUT2D eigenvalue weighted by molar-refractivity contribution is -0.225. The minimum absolute atomic E-state index is 0.230. The van der Waals surface area contributed by atoms with Gasteiger partial charge in [0.05, 0.1) is 50.8 Å². The molecule has 1 saturated heterocycles. The van der Waals surface area contributed by atoms with Crippen LogP contribution in [0.4, 0.5) is 0 Å². The van der Waals surface area contributed by atoms with Crippen molar-refractivity contribution in [3.05, 3.63) is 35.3 Å². The van der Waals surface area contributed by atoms with Crippen LogP contribution in [0.2, 0.25) is 0 Å². The average Bonchev–Trinajstić information content (AvgIpc) is 3.57. The van der Waals surface area contributed by atoms with Gasteiger partial charge in [0.2, 0.25) is 0 Å². The summed E-state index contributed by atoms with van der Waals surface area (Å²) in [5.41, 5.74) is -4.83. The first kappa shape index (κ1) is 30.4. The molecule has 0 radical (unpaired) electrons. The van der Waals surface area contributed by atoms with Gasteiger partial charge in [-0.05, 0) is 42.4 Å². The second-order valence-electron chi connectivity index (χ2n) is 12.2. The third kappa shape index (κ3) is 3.78. The van der Waals surface area contributed by atoms with E-state index in [0.29, 0.717) is 11.1 Å². The van der Waals surface area contributed by atoms with Gasteiger partial charge in [0.25, 0.3) is 0 Å². The average molecular weight is 565 g/mol. The van der Waals surface area contributed by atoms with Gasteiger partial charge in [-0.3, -0.25) is 14.4 Å². The summed E-state index contributed by atoms with van der Waals surface area (Å²) in [6.07, 6.45) is -4.22. The maximum absolute atomic E-state index is 14.9. The Labute approximate surface area is 233 Å². The summed E-state index contributed by atoms with van der Waals surface area (Å²) in [7, 11) is 3.92. The van der Waals surface area contributed by atoms with Gasteiger partial charge in [0.1, 0.15) is 18.3 Å². The lowest BCUT2D eigenvalue weighted by atomic mass is 9.50. The van der Waals surface area contributed by atoms with Crippen molar-refractivity contribution in [3.8, 4) is 0 Å². The highest BCUT2D eigenvalue weighted by molar-refractivity contribution is 6.01. The van der Waals surface area contributed by atoms with Crippen LogP contribution in [0.25, 0.3) is 0 Å². The predicted octanol–water partition coefficient (Wildman–Crippen LogP) is 1.88. The summed E-state index contributed by atoms with van der Waals surface area (Å²) in [6, 6.07) is 1.66. The number of rotatable bonds is 7. The molecule has 3 aliphatic rings. The summed E-state index contributed by atoms with van der Waals surface area (Å²) in [4.78, 5) is 40.1. The molecule has 11 nitrogen and oxygen atoms in total. The van der Waals surface area contributed by atoms with Crippen LogP contribution in [0.3, 0.4) is 0 Å². The molecule has 1 aliphatic heterocycles. The third-order valence-corrected chi connectivity index (χ3v) is 10.1. The quantitative estimate of drug-likeness (QED) is 0.327. The molecule has 0 amide bonds. The molecule has 3 N–H and O–H groups in total. The Bertz CT molecular complexity index is 1200. The SMILES string of the molecule is COC(=O)CC1=C(C)[C@@]2(O[C@H]3[C@@H](O)[C@@H](O)C(C)(C)[C@H](CC(=O)OC)[C@@]3(C)C2=O)[C@@H](O)[C@@]1(C)[C@H](OC)c1ccoc1. The Morgan fingerprint density at radius 1 is 1.05 bits per heavy atom. The first-order valence-electron chi connectivity index (χ1n) is 13.3. The zero-order valence-electron chi connectivity index (χ0n) is 24.2. The molecule has 2 aliphatic carbocycles. The van der Waals surface area contributed by atoms with E-state index in [1.807, 2.05) is 0 Å². The standard InChI is InChI=1S/C29H40O11/c1-14-16(11-18(30)36-6)27(4,22(38-8)15-9-10-39-13-15)24(34)29(14)25(35)28(5)17(12-19(31)37-7)26(2,3)21(33)20(32)23(28)40-29/h9-10,13,17,20-24,32-34H,11-12H2,1-8H3/t17-,20-,21+,22+,23-,24-,27+,28+,29+/m0/s1. The Kier molecular flexibility index (Phi) is 7.64. The molecule has 1 aromatic heterocycles. The molecule has 9 atom stereocenters. The van der Waals surface area contributed by atoms with Crippen LogP contribution in [0.5, 0.6) is 0 Å². The van der Waals surface area contributed by atoms with Gasteiger partial charge in [-0.25, -0.2) is 0 Å². The number of ether oxygens (including phenoxy) is 4. The van der Waals surface area contributed by atoms with Crippen molar-refractivity contribution in [1.82, 2.24) is 0 Å². The van der Waals surface area contributed by atoms with Crippen LogP contribution in [-0.4, -0.2) is 84.4 Å². The topological polar surface area (TPSA) is 162 Å². The number of ketones is 1. The number of carbonyl (C=O) groups is 3. The minimum Gasteiger partial charge on any atom is -0.472 e. The van der Waals surface area contributed by atoms with Crippen molar-refractivity contribution in [2.75, 3.05) is 21.3 Å². The van der Waals surface area contributed by atoms with Crippen molar-refractivity contribution >= 4 is 17.7 Å². The van der Waals surface area contributed by atoms with Gasteiger partial charge < -0.3 is 38.7 Å². The highest BCUT2D eigenvalue weighted by Gasteiger charge is 2.78.